The van der Waals surface area contributed by atoms with Crippen molar-refractivity contribution in [2.45, 2.75) is 46.3 Å². The summed E-state index contributed by atoms with van der Waals surface area (Å²) in [5.41, 5.74) is 2.22. The molecule has 1 aliphatic rings. The van der Waals surface area contributed by atoms with Crippen molar-refractivity contribution in [1.29, 1.82) is 0 Å². The van der Waals surface area contributed by atoms with Crippen LogP contribution in [-0.4, -0.2) is 41.2 Å². The van der Waals surface area contributed by atoms with Gasteiger partial charge in [-0.05, 0) is 37.3 Å². The molecule has 1 unspecified atom stereocenters. The summed E-state index contributed by atoms with van der Waals surface area (Å²) in [5.74, 6) is 1.05. The first-order chi connectivity index (χ1) is 9.88. The zero-order valence-electron chi connectivity index (χ0n) is 13.3. The molecule has 21 heavy (non-hydrogen) atoms. The fourth-order valence-corrected chi connectivity index (χ4v) is 2.60. The number of hydrogen-bond donors (Lipinski definition) is 1. The van der Waals surface area contributed by atoms with Gasteiger partial charge >= 0.3 is 0 Å². The van der Waals surface area contributed by atoms with Gasteiger partial charge < -0.3 is 14.7 Å². The van der Waals surface area contributed by atoms with Gasteiger partial charge in [-0.3, -0.25) is 4.79 Å². The summed E-state index contributed by atoms with van der Waals surface area (Å²) >= 11 is 0. The Labute approximate surface area is 126 Å². The Morgan fingerprint density at radius 1 is 1.33 bits per heavy atom. The number of amides is 1. The highest BCUT2D eigenvalue weighted by Crippen LogP contribution is 2.26. The van der Waals surface area contributed by atoms with Gasteiger partial charge in [0.1, 0.15) is 18.0 Å². The van der Waals surface area contributed by atoms with Gasteiger partial charge in [0.2, 0.25) is 0 Å². The van der Waals surface area contributed by atoms with Gasteiger partial charge in [0, 0.05) is 0 Å². The zero-order chi connectivity index (χ0) is 15.6. The molecule has 1 aliphatic heterocycles. The number of carbonyl (C=O) groups excluding carboxylic acids is 1. The van der Waals surface area contributed by atoms with Crippen LogP contribution < -0.4 is 4.74 Å². The van der Waals surface area contributed by atoms with E-state index in [-0.39, 0.29) is 12.0 Å². The maximum absolute atomic E-state index is 12.0. The van der Waals surface area contributed by atoms with Crippen LogP contribution in [-0.2, 0) is 4.79 Å². The summed E-state index contributed by atoms with van der Waals surface area (Å²) in [5, 5.41) is 9.86. The Morgan fingerprint density at radius 3 is 2.43 bits per heavy atom. The second-order valence-electron chi connectivity index (χ2n) is 6.35. The summed E-state index contributed by atoms with van der Waals surface area (Å²) in [6.45, 7) is 9.16. The third-order valence-corrected chi connectivity index (χ3v) is 3.83. The van der Waals surface area contributed by atoms with Gasteiger partial charge in [0.05, 0.1) is 13.1 Å². The lowest BCUT2D eigenvalue weighted by atomic mass is 10.0. The van der Waals surface area contributed by atoms with Gasteiger partial charge in [0.15, 0.2) is 0 Å². The van der Waals surface area contributed by atoms with E-state index in [1.54, 1.807) is 4.90 Å². The quantitative estimate of drug-likeness (QED) is 0.905. The number of carbonyl (C=O) groups is 1. The second kappa shape index (κ2) is 6.48. The Bertz CT molecular complexity index is 487. The Kier molecular flexibility index (Phi) is 4.88. The van der Waals surface area contributed by atoms with Crippen molar-refractivity contribution >= 4 is 5.91 Å². The topological polar surface area (TPSA) is 49.8 Å². The minimum absolute atomic E-state index is 0.0278. The van der Waals surface area contributed by atoms with Gasteiger partial charge in [-0.15, -0.1) is 0 Å². The SMILES string of the molecule is Cc1cccc(C)c1OC1CN(C(=O)C(O)CC(C)C)C1. The molecular weight excluding hydrogens is 266 g/mol. The van der Waals surface area contributed by atoms with Crippen LogP contribution in [0.3, 0.4) is 0 Å². The summed E-state index contributed by atoms with van der Waals surface area (Å²) < 4.78 is 5.98. The number of para-hydroxylation sites is 1. The van der Waals surface area contributed by atoms with Gasteiger partial charge in [-0.2, -0.15) is 0 Å². The average Bonchev–Trinajstić information content (AvgIpc) is 2.34. The molecule has 1 atom stereocenters. The third kappa shape index (κ3) is 3.76. The fraction of sp³-hybridized carbons (Fsp3) is 0.588. The maximum Gasteiger partial charge on any atom is 0.251 e. The molecule has 0 radical (unpaired) electrons. The number of benzene rings is 1. The zero-order valence-corrected chi connectivity index (χ0v) is 13.3. The number of nitrogens with zero attached hydrogens (tertiary/aromatic N) is 1. The highest BCUT2D eigenvalue weighted by atomic mass is 16.5. The van der Waals surface area contributed by atoms with Gasteiger partial charge in [0.25, 0.3) is 5.91 Å². The van der Waals surface area contributed by atoms with Crippen LogP contribution in [0.2, 0.25) is 0 Å². The molecule has 116 valence electrons. The van der Waals surface area contributed by atoms with Crippen molar-refractivity contribution in [3.63, 3.8) is 0 Å². The Morgan fingerprint density at radius 2 is 1.90 bits per heavy atom. The number of ether oxygens (including phenoxy) is 1. The van der Waals surface area contributed by atoms with Crippen molar-refractivity contribution in [3.8, 4) is 5.75 Å². The van der Waals surface area contributed by atoms with Crippen LogP contribution in [0.25, 0.3) is 0 Å². The Hall–Kier alpha value is -1.55. The molecule has 1 amide bonds. The molecule has 0 aromatic heterocycles. The van der Waals surface area contributed by atoms with Crippen molar-refractivity contribution in [2.75, 3.05) is 13.1 Å². The average molecular weight is 291 g/mol. The monoisotopic (exact) mass is 291 g/mol. The van der Waals surface area contributed by atoms with E-state index in [1.807, 2.05) is 45.9 Å². The van der Waals surface area contributed by atoms with E-state index in [0.717, 1.165) is 16.9 Å². The van der Waals surface area contributed by atoms with Crippen LogP contribution in [0.4, 0.5) is 0 Å². The summed E-state index contributed by atoms with van der Waals surface area (Å²) in [7, 11) is 0. The molecule has 1 saturated heterocycles. The lowest BCUT2D eigenvalue weighted by molar-refractivity contribution is -0.150. The van der Waals surface area contributed by atoms with E-state index in [4.69, 9.17) is 4.74 Å². The van der Waals surface area contributed by atoms with E-state index in [9.17, 15) is 9.90 Å². The minimum Gasteiger partial charge on any atom is -0.486 e. The summed E-state index contributed by atoms with van der Waals surface area (Å²) in [4.78, 5) is 13.7. The van der Waals surface area contributed by atoms with Gasteiger partial charge in [-0.25, -0.2) is 0 Å². The van der Waals surface area contributed by atoms with E-state index >= 15 is 0 Å². The number of aliphatic hydroxyl groups is 1. The van der Waals surface area contributed by atoms with E-state index in [1.165, 1.54) is 0 Å². The van der Waals surface area contributed by atoms with Crippen molar-refractivity contribution in [1.82, 2.24) is 4.90 Å². The van der Waals surface area contributed by atoms with Crippen LogP contribution in [0.5, 0.6) is 5.75 Å². The van der Waals surface area contributed by atoms with Crippen LogP contribution >= 0.6 is 0 Å². The predicted octanol–water partition coefficient (Wildman–Crippen LogP) is 2.30. The summed E-state index contributed by atoms with van der Waals surface area (Å²) in [6, 6.07) is 6.06. The first-order valence-electron chi connectivity index (χ1n) is 7.58. The predicted molar refractivity (Wildman–Crippen MR) is 82.4 cm³/mol. The lowest BCUT2D eigenvalue weighted by Crippen LogP contribution is -2.58. The molecule has 2 rings (SSSR count). The lowest BCUT2D eigenvalue weighted by Gasteiger charge is -2.40. The van der Waals surface area contributed by atoms with E-state index in [0.29, 0.717) is 25.4 Å². The highest BCUT2D eigenvalue weighted by Gasteiger charge is 2.35. The minimum atomic E-state index is -0.883. The van der Waals surface area contributed by atoms with E-state index < -0.39 is 6.10 Å². The molecule has 0 bridgehead atoms. The van der Waals surface area contributed by atoms with Crippen LogP contribution in [0.1, 0.15) is 31.4 Å². The summed E-state index contributed by atoms with van der Waals surface area (Å²) in [6.07, 6.45) is -0.344. The van der Waals surface area contributed by atoms with Crippen LogP contribution in [0.15, 0.2) is 18.2 Å². The normalized spacial score (nSPS) is 16.8. The molecule has 0 saturated carbocycles. The van der Waals surface area contributed by atoms with Gasteiger partial charge in [-0.1, -0.05) is 32.0 Å². The molecule has 1 N–H and O–H groups in total. The fourth-order valence-electron chi connectivity index (χ4n) is 2.60. The highest BCUT2D eigenvalue weighted by molar-refractivity contribution is 5.81. The largest absolute Gasteiger partial charge is 0.486 e. The molecule has 1 heterocycles. The van der Waals surface area contributed by atoms with Crippen molar-refractivity contribution in [2.24, 2.45) is 5.92 Å². The van der Waals surface area contributed by atoms with Crippen LogP contribution in [0, 0.1) is 19.8 Å². The van der Waals surface area contributed by atoms with Crippen molar-refractivity contribution < 1.29 is 14.6 Å². The Balaban J connectivity index is 1.85. The smallest absolute Gasteiger partial charge is 0.251 e. The standard InChI is InChI=1S/C17H25NO3/c1-11(2)8-15(19)17(20)18-9-14(10-18)21-16-12(3)6-5-7-13(16)4/h5-7,11,14-15,19H,8-10H2,1-4H3. The molecular formula is C17H25NO3. The molecule has 1 aromatic carbocycles. The number of likely N-dealkylation sites (tertiary alicyclic amines) is 1. The maximum atomic E-state index is 12.0. The molecule has 1 fully saturated rings. The molecule has 0 spiro atoms. The number of aryl methyl sites for hydroxylation is 2. The van der Waals surface area contributed by atoms with Crippen molar-refractivity contribution in [3.05, 3.63) is 29.3 Å². The number of rotatable bonds is 5. The first kappa shape index (κ1) is 15.8. The van der Waals surface area contributed by atoms with E-state index in [2.05, 4.69) is 0 Å². The third-order valence-electron chi connectivity index (χ3n) is 3.83. The second-order valence-corrected chi connectivity index (χ2v) is 6.35. The first-order valence-corrected chi connectivity index (χ1v) is 7.58. The molecule has 4 nitrogen and oxygen atoms in total. The molecule has 0 aliphatic carbocycles. The number of aliphatic hydroxyl groups excluding tert-OH is 1. The molecule has 4 heteroatoms. The molecule has 1 aromatic rings. The number of hydrogen-bond acceptors (Lipinski definition) is 3.